The van der Waals surface area contributed by atoms with Crippen LogP contribution < -0.4 is 15.8 Å². The molecule has 4 N–H and O–H groups in total. The largest absolute Gasteiger partial charge is 0.511 e. The Balaban J connectivity index is 4.20. The molecule has 0 aromatic heterocycles. The van der Waals surface area contributed by atoms with Gasteiger partial charge in [0.2, 0.25) is 0 Å². The zero-order valence-electron chi connectivity index (χ0n) is 6.96. The van der Waals surface area contributed by atoms with Crippen molar-refractivity contribution in [1.29, 1.82) is 0 Å². The molecule has 0 radical (unpaired) electrons. The quantitative estimate of drug-likeness (QED) is 0.395. The van der Waals surface area contributed by atoms with Gasteiger partial charge in [-0.3, -0.25) is 9.59 Å². The number of hydrogen-bond donors (Lipinski definition) is 3. The third-order valence-electron chi connectivity index (χ3n) is 1.04. The minimum atomic E-state index is -5.54. The molecule has 0 unspecified atom stereocenters. The SMILES string of the molecule is NC(=O)C(=O)NCNS(=O)(=O)C(F)(F)F. The highest BCUT2D eigenvalue weighted by atomic mass is 32.2. The van der Waals surface area contributed by atoms with Crippen molar-refractivity contribution in [3.05, 3.63) is 0 Å². The number of rotatable bonds is 3. The van der Waals surface area contributed by atoms with Gasteiger partial charge >= 0.3 is 27.3 Å². The molecule has 0 aliphatic heterocycles. The number of halogens is 3. The van der Waals surface area contributed by atoms with Gasteiger partial charge in [-0.1, -0.05) is 0 Å². The Kier molecular flexibility index (Phi) is 4.04. The Bertz CT molecular complexity index is 362. The molecule has 15 heavy (non-hydrogen) atoms. The van der Waals surface area contributed by atoms with Gasteiger partial charge in [0.1, 0.15) is 0 Å². The molecular formula is C4H6F3N3O4S. The molecule has 0 bridgehead atoms. The Labute approximate surface area is 81.9 Å². The van der Waals surface area contributed by atoms with Crippen molar-refractivity contribution in [2.24, 2.45) is 5.73 Å². The molecule has 0 fully saturated rings. The van der Waals surface area contributed by atoms with Crippen molar-refractivity contribution < 1.29 is 31.2 Å². The molecule has 0 rings (SSSR count). The summed E-state index contributed by atoms with van der Waals surface area (Å²) in [6.45, 7) is -1.08. The summed E-state index contributed by atoms with van der Waals surface area (Å²) in [6, 6.07) is 0. The van der Waals surface area contributed by atoms with E-state index >= 15 is 0 Å². The average Bonchev–Trinajstić information content (AvgIpc) is 2.01. The Morgan fingerprint density at radius 2 is 1.73 bits per heavy atom. The number of hydrogen-bond acceptors (Lipinski definition) is 4. The summed E-state index contributed by atoms with van der Waals surface area (Å²) in [5, 5.41) is 1.51. The van der Waals surface area contributed by atoms with E-state index in [1.54, 1.807) is 0 Å². The monoisotopic (exact) mass is 249 g/mol. The van der Waals surface area contributed by atoms with Crippen molar-refractivity contribution in [2.45, 2.75) is 5.51 Å². The topological polar surface area (TPSA) is 118 Å². The second-order valence-electron chi connectivity index (χ2n) is 2.14. The fourth-order valence-electron chi connectivity index (χ4n) is 0.380. The van der Waals surface area contributed by atoms with Crippen LogP contribution in [-0.2, 0) is 19.6 Å². The fraction of sp³-hybridized carbons (Fsp3) is 0.500. The molecule has 0 aliphatic rings. The molecule has 0 aromatic rings. The molecule has 0 atom stereocenters. The minimum Gasteiger partial charge on any atom is -0.361 e. The number of alkyl halides is 3. The predicted molar refractivity (Wildman–Crippen MR) is 40.3 cm³/mol. The highest BCUT2D eigenvalue weighted by Crippen LogP contribution is 2.20. The smallest absolute Gasteiger partial charge is 0.361 e. The number of sulfonamides is 1. The maximum atomic E-state index is 11.7. The van der Waals surface area contributed by atoms with E-state index in [2.05, 4.69) is 5.73 Å². The highest BCUT2D eigenvalue weighted by Gasteiger charge is 2.45. The first-order valence-electron chi connectivity index (χ1n) is 3.21. The van der Waals surface area contributed by atoms with Gasteiger partial charge < -0.3 is 11.1 Å². The number of amides is 2. The highest BCUT2D eigenvalue weighted by molar-refractivity contribution is 7.90. The van der Waals surface area contributed by atoms with Crippen LogP contribution in [0.15, 0.2) is 0 Å². The summed E-state index contributed by atoms with van der Waals surface area (Å²) in [4.78, 5) is 20.4. The van der Waals surface area contributed by atoms with E-state index in [0.717, 1.165) is 4.72 Å². The van der Waals surface area contributed by atoms with E-state index < -0.39 is 34.0 Å². The summed E-state index contributed by atoms with van der Waals surface area (Å²) in [5.41, 5.74) is -1.06. The molecule has 88 valence electrons. The molecule has 0 saturated carbocycles. The molecule has 0 aliphatic carbocycles. The van der Waals surface area contributed by atoms with Gasteiger partial charge in [0.05, 0.1) is 6.67 Å². The molecule has 11 heteroatoms. The number of primary amides is 1. The Morgan fingerprint density at radius 1 is 1.27 bits per heavy atom. The van der Waals surface area contributed by atoms with Crippen LogP contribution in [0.4, 0.5) is 13.2 Å². The number of nitrogens with one attached hydrogen (secondary N) is 2. The van der Waals surface area contributed by atoms with E-state index in [0.29, 0.717) is 0 Å². The standard InChI is InChI=1S/C4H6F3N3O4S/c5-4(6,7)15(13,14)10-1-9-3(12)2(8)11/h10H,1H2,(H2,8,11)(H,9,12). The molecule has 0 spiro atoms. The zero-order chi connectivity index (χ0) is 12.3. The number of nitrogens with two attached hydrogens (primary N) is 1. The van der Waals surface area contributed by atoms with E-state index in [1.165, 1.54) is 5.32 Å². The predicted octanol–water partition coefficient (Wildman–Crippen LogP) is -2.02. The van der Waals surface area contributed by atoms with Crippen molar-refractivity contribution in [1.82, 2.24) is 10.0 Å². The number of carbonyl (C=O) groups excluding carboxylic acids is 2. The molecule has 0 saturated heterocycles. The molecule has 0 heterocycles. The van der Waals surface area contributed by atoms with Crippen molar-refractivity contribution in [2.75, 3.05) is 6.67 Å². The first-order valence-corrected chi connectivity index (χ1v) is 4.70. The zero-order valence-corrected chi connectivity index (χ0v) is 7.78. The number of carbonyl (C=O) groups is 2. The lowest BCUT2D eigenvalue weighted by Crippen LogP contribution is -2.46. The Hall–Kier alpha value is -1.36. The van der Waals surface area contributed by atoms with Gasteiger partial charge in [-0.05, 0) is 0 Å². The molecule has 0 aromatic carbocycles. The normalized spacial score (nSPS) is 12.2. The third-order valence-corrected chi connectivity index (χ3v) is 2.17. The average molecular weight is 249 g/mol. The third kappa shape index (κ3) is 4.12. The summed E-state index contributed by atoms with van der Waals surface area (Å²) >= 11 is 0. The van der Waals surface area contributed by atoms with Crippen molar-refractivity contribution in [3.63, 3.8) is 0 Å². The van der Waals surface area contributed by atoms with Crippen LogP contribution in [0.25, 0.3) is 0 Å². The summed E-state index contributed by atoms with van der Waals surface area (Å²) < 4.78 is 56.6. The van der Waals surface area contributed by atoms with E-state index in [9.17, 15) is 31.2 Å². The lowest BCUT2D eigenvalue weighted by atomic mass is 10.6. The maximum absolute atomic E-state index is 11.7. The van der Waals surface area contributed by atoms with Gasteiger partial charge in [-0.25, -0.2) is 8.42 Å². The lowest BCUT2D eigenvalue weighted by Gasteiger charge is -2.09. The van der Waals surface area contributed by atoms with Crippen molar-refractivity contribution >= 4 is 21.8 Å². The van der Waals surface area contributed by atoms with Gasteiger partial charge in [0.15, 0.2) is 0 Å². The van der Waals surface area contributed by atoms with Crippen LogP contribution in [0.3, 0.4) is 0 Å². The fourth-order valence-corrected chi connectivity index (χ4v) is 0.806. The minimum absolute atomic E-state index is 0.992. The summed E-state index contributed by atoms with van der Waals surface area (Å²) in [7, 11) is -5.54. The van der Waals surface area contributed by atoms with Crippen LogP contribution in [0, 0.1) is 0 Å². The second-order valence-corrected chi connectivity index (χ2v) is 3.90. The summed E-state index contributed by atoms with van der Waals surface area (Å²) in [5.74, 6) is -2.85. The van der Waals surface area contributed by atoms with Crippen LogP contribution in [-0.4, -0.2) is 32.4 Å². The van der Waals surface area contributed by atoms with Crippen LogP contribution in [0.2, 0.25) is 0 Å². The van der Waals surface area contributed by atoms with Crippen LogP contribution in [0.1, 0.15) is 0 Å². The van der Waals surface area contributed by atoms with Gasteiger partial charge in [0.25, 0.3) is 0 Å². The maximum Gasteiger partial charge on any atom is 0.511 e. The van der Waals surface area contributed by atoms with Gasteiger partial charge in [0, 0.05) is 0 Å². The van der Waals surface area contributed by atoms with E-state index in [4.69, 9.17) is 0 Å². The van der Waals surface area contributed by atoms with Gasteiger partial charge in [-0.2, -0.15) is 17.9 Å². The first-order chi connectivity index (χ1) is 6.58. The Morgan fingerprint density at radius 3 is 2.07 bits per heavy atom. The molecule has 2 amide bonds. The van der Waals surface area contributed by atoms with E-state index in [1.807, 2.05) is 0 Å². The van der Waals surface area contributed by atoms with E-state index in [-0.39, 0.29) is 0 Å². The van der Waals surface area contributed by atoms with Crippen molar-refractivity contribution in [3.8, 4) is 0 Å². The van der Waals surface area contributed by atoms with Gasteiger partial charge in [-0.15, -0.1) is 0 Å². The van der Waals surface area contributed by atoms with Crippen LogP contribution >= 0.6 is 0 Å². The first kappa shape index (κ1) is 13.6. The second kappa shape index (κ2) is 4.44. The molecule has 7 nitrogen and oxygen atoms in total. The summed E-state index contributed by atoms with van der Waals surface area (Å²) in [6.07, 6.45) is 0. The molecular weight excluding hydrogens is 243 g/mol. The van der Waals surface area contributed by atoms with Crippen LogP contribution in [0.5, 0.6) is 0 Å². The lowest BCUT2D eigenvalue weighted by molar-refractivity contribution is -0.137.